The van der Waals surface area contributed by atoms with Crippen molar-refractivity contribution in [2.75, 3.05) is 6.54 Å². The minimum Gasteiger partial charge on any atom is -0.481 e. The Bertz CT molecular complexity index is 420. The number of carboxylic acids is 1. The van der Waals surface area contributed by atoms with E-state index in [4.69, 9.17) is 5.11 Å². The summed E-state index contributed by atoms with van der Waals surface area (Å²) in [7, 11) is 0. The monoisotopic (exact) mass is 285 g/mol. The molecule has 0 aromatic carbocycles. The average Bonchev–Trinajstić information content (AvgIpc) is 2.85. The molecule has 0 fully saturated rings. The molecule has 1 heterocycles. The number of nitrogens with zero attached hydrogens (tertiary/aromatic N) is 2. The molecule has 0 atom stereocenters. The average molecular weight is 285 g/mol. The van der Waals surface area contributed by atoms with E-state index < -0.39 is 5.97 Å². The van der Waals surface area contributed by atoms with E-state index in [2.05, 4.69) is 14.9 Å². The molecule has 106 valence electrons. The fraction of sp³-hybridized carbons (Fsp3) is 0.667. The summed E-state index contributed by atoms with van der Waals surface area (Å²) in [6, 6.07) is 0. The molecule has 1 amide bonds. The van der Waals surface area contributed by atoms with Gasteiger partial charge in [-0.15, -0.1) is 5.10 Å². The standard InChI is InChI=1S/C12H19N3O3S/c1-2-9-11(19-15-14-9)12(18)13-8-6-4-3-5-7-10(16)17/h2-8H2,1H3,(H,13,18)(H,16,17). The van der Waals surface area contributed by atoms with E-state index in [1.807, 2.05) is 6.92 Å². The van der Waals surface area contributed by atoms with Crippen LogP contribution in [0.2, 0.25) is 0 Å². The lowest BCUT2D eigenvalue weighted by Crippen LogP contribution is -2.24. The summed E-state index contributed by atoms with van der Waals surface area (Å²) in [5.41, 5.74) is 0.740. The molecule has 7 heteroatoms. The van der Waals surface area contributed by atoms with Crippen LogP contribution in [-0.4, -0.2) is 33.1 Å². The second kappa shape index (κ2) is 8.58. The highest BCUT2D eigenvalue weighted by atomic mass is 32.1. The van der Waals surface area contributed by atoms with Gasteiger partial charge in [0, 0.05) is 13.0 Å². The number of hydrogen-bond donors (Lipinski definition) is 2. The van der Waals surface area contributed by atoms with Gasteiger partial charge in [0.05, 0.1) is 5.69 Å². The highest BCUT2D eigenvalue weighted by Gasteiger charge is 2.13. The molecule has 0 radical (unpaired) electrons. The Balaban J connectivity index is 2.13. The molecule has 1 aromatic heterocycles. The van der Waals surface area contributed by atoms with E-state index >= 15 is 0 Å². The normalized spacial score (nSPS) is 10.4. The van der Waals surface area contributed by atoms with Crippen LogP contribution in [-0.2, 0) is 11.2 Å². The maximum atomic E-state index is 11.8. The summed E-state index contributed by atoms with van der Waals surface area (Å²) in [5.74, 6) is -0.865. The van der Waals surface area contributed by atoms with Gasteiger partial charge in [0.2, 0.25) is 0 Å². The maximum absolute atomic E-state index is 11.8. The van der Waals surface area contributed by atoms with Crippen molar-refractivity contribution in [1.82, 2.24) is 14.9 Å². The van der Waals surface area contributed by atoms with Crippen LogP contribution in [0.25, 0.3) is 0 Å². The van der Waals surface area contributed by atoms with Crippen molar-refractivity contribution in [2.45, 2.75) is 45.4 Å². The summed E-state index contributed by atoms with van der Waals surface area (Å²) in [5, 5.41) is 15.2. The van der Waals surface area contributed by atoms with Crippen molar-refractivity contribution in [3.8, 4) is 0 Å². The van der Waals surface area contributed by atoms with E-state index in [0.29, 0.717) is 24.3 Å². The molecule has 0 spiro atoms. The van der Waals surface area contributed by atoms with Crippen LogP contribution in [0.4, 0.5) is 0 Å². The third-order valence-corrected chi connectivity index (χ3v) is 3.47. The molecule has 0 aliphatic rings. The summed E-state index contributed by atoms with van der Waals surface area (Å²) in [6.45, 7) is 2.54. The predicted molar refractivity (Wildman–Crippen MR) is 72.3 cm³/mol. The lowest BCUT2D eigenvalue weighted by atomic mass is 10.1. The highest BCUT2D eigenvalue weighted by Crippen LogP contribution is 2.10. The summed E-state index contributed by atoms with van der Waals surface area (Å²) in [4.78, 5) is 22.7. The Morgan fingerprint density at radius 3 is 2.68 bits per heavy atom. The number of aryl methyl sites for hydroxylation is 1. The molecule has 19 heavy (non-hydrogen) atoms. The first-order valence-corrected chi connectivity index (χ1v) is 7.23. The molecule has 0 saturated heterocycles. The third kappa shape index (κ3) is 5.78. The smallest absolute Gasteiger partial charge is 0.303 e. The first-order chi connectivity index (χ1) is 9.15. The fourth-order valence-corrected chi connectivity index (χ4v) is 2.32. The zero-order valence-corrected chi connectivity index (χ0v) is 11.8. The number of carbonyl (C=O) groups is 2. The molecule has 6 nitrogen and oxygen atoms in total. The van der Waals surface area contributed by atoms with Gasteiger partial charge in [0.25, 0.3) is 5.91 Å². The van der Waals surface area contributed by atoms with Gasteiger partial charge in [0.1, 0.15) is 4.88 Å². The van der Waals surface area contributed by atoms with Crippen molar-refractivity contribution >= 4 is 23.4 Å². The first kappa shape index (κ1) is 15.6. The van der Waals surface area contributed by atoms with Gasteiger partial charge < -0.3 is 10.4 Å². The minimum atomic E-state index is -0.752. The van der Waals surface area contributed by atoms with Gasteiger partial charge in [-0.25, -0.2) is 0 Å². The van der Waals surface area contributed by atoms with Crippen molar-refractivity contribution in [3.05, 3.63) is 10.6 Å². The topological polar surface area (TPSA) is 92.2 Å². The van der Waals surface area contributed by atoms with E-state index in [1.54, 1.807) is 0 Å². The fourth-order valence-electron chi connectivity index (χ4n) is 1.65. The second-order valence-corrected chi connectivity index (χ2v) is 4.97. The SMILES string of the molecule is CCc1nnsc1C(=O)NCCCCCCC(=O)O. The molecule has 0 unspecified atom stereocenters. The van der Waals surface area contributed by atoms with E-state index in [-0.39, 0.29) is 12.3 Å². The molecule has 1 aromatic rings. The number of hydrogen-bond acceptors (Lipinski definition) is 5. The molecule has 0 bridgehead atoms. The number of amides is 1. The van der Waals surface area contributed by atoms with E-state index in [1.165, 1.54) is 0 Å². The lowest BCUT2D eigenvalue weighted by molar-refractivity contribution is -0.137. The molecule has 1 rings (SSSR count). The Kier molecular flexibility index (Phi) is 7.02. The van der Waals surface area contributed by atoms with E-state index in [9.17, 15) is 9.59 Å². The number of rotatable bonds is 9. The van der Waals surface area contributed by atoms with Crippen LogP contribution in [0, 0.1) is 0 Å². The predicted octanol–water partition coefficient (Wildman–Crippen LogP) is 1.87. The molecule has 2 N–H and O–H groups in total. The molecule has 0 aliphatic carbocycles. The van der Waals surface area contributed by atoms with Gasteiger partial charge in [-0.2, -0.15) is 0 Å². The Hall–Kier alpha value is -1.50. The quantitative estimate of drug-likeness (QED) is 0.676. The molecule has 0 saturated carbocycles. The van der Waals surface area contributed by atoms with Gasteiger partial charge in [-0.1, -0.05) is 24.3 Å². The second-order valence-electron chi connectivity index (χ2n) is 4.22. The number of carboxylic acid groups (broad SMARTS) is 1. The van der Waals surface area contributed by atoms with E-state index in [0.717, 1.165) is 36.5 Å². The Morgan fingerprint density at radius 1 is 1.26 bits per heavy atom. The van der Waals surface area contributed by atoms with Crippen LogP contribution in [0.1, 0.15) is 54.4 Å². The molecular weight excluding hydrogens is 266 g/mol. The van der Waals surface area contributed by atoms with Gasteiger partial charge in [-0.3, -0.25) is 9.59 Å². The third-order valence-electron chi connectivity index (χ3n) is 2.70. The van der Waals surface area contributed by atoms with Gasteiger partial charge in [-0.05, 0) is 30.8 Å². The number of unbranched alkanes of at least 4 members (excludes halogenated alkanes) is 3. The largest absolute Gasteiger partial charge is 0.481 e. The van der Waals surface area contributed by atoms with Crippen LogP contribution in [0.3, 0.4) is 0 Å². The number of carbonyl (C=O) groups excluding carboxylic acids is 1. The van der Waals surface area contributed by atoms with Crippen LogP contribution < -0.4 is 5.32 Å². The van der Waals surface area contributed by atoms with Crippen molar-refractivity contribution in [3.63, 3.8) is 0 Å². The number of nitrogens with one attached hydrogen (secondary N) is 1. The first-order valence-electron chi connectivity index (χ1n) is 6.46. The van der Waals surface area contributed by atoms with Crippen molar-refractivity contribution < 1.29 is 14.7 Å². The van der Waals surface area contributed by atoms with Crippen molar-refractivity contribution in [2.24, 2.45) is 0 Å². The number of aliphatic carboxylic acids is 1. The molecular formula is C12H19N3O3S. The maximum Gasteiger partial charge on any atom is 0.303 e. The van der Waals surface area contributed by atoms with Crippen LogP contribution in [0.15, 0.2) is 0 Å². The van der Waals surface area contributed by atoms with Crippen LogP contribution in [0.5, 0.6) is 0 Å². The van der Waals surface area contributed by atoms with Crippen LogP contribution >= 0.6 is 11.5 Å². The molecule has 0 aliphatic heterocycles. The number of aromatic nitrogens is 2. The Labute approximate surface area is 116 Å². The summed E-state index contributed by atoms with van der Waals surface area (Å²) in [6.07, 6.45) is 4.29. The zero-order valence-electron chi connectivity index (χ0n) is 11.0. The lowest BCUT2D eigenvalue weighted by Gasteiger charge is -2.03. The highest BCUT2D eigenvalue weighted by molar-refractivity contribution is 7.08. The minimum absolute atomic E-state index is 0.114. The van der Waals surface area contributed by atoms with Crippen molar-refractivity contribution in [1.29, 1.82) is 0 Å². The Morgan fingerprint density at radius 2 is 2.00 bits per heavy atom. The zero-order chi connectivity index (χ0) is 14.1. The van der Waals surface area contributed by atoms with Gasteiger partial charge >= 0.3 is 5.97 Å². The summed E-state index contributed by atoms with van der Waals surface area (Å²) >= 11 is 1.12. The summed E-state index contributed by atoms with van der Waals surface area (Å²) < 4.78 is 3.77. The van der Waals surface area contributed by atoms with Gasteiger partial charge in [0.15, 0.2) is 0 Å².